The SMILES string of the molecule is CCCCCCC(=O)C1COc2ccccc2C1. The van der Waals surface area contributed by atoms with E-state index in [4.69, 9.17) is 4.74 Å². The van der Waals surface area contributed by atoms with Gasteiger partial charge in [-0.2, -0.15) is 0 Å². The topological polar surface area (TPSA) is 26.3 Å². The van der Waals surface area contributed by atoms with Gasteiger partial charge in [0.25, 0.3) is 0 Å². The van der Waals surface area contributed by atoms with E-state index in [9.17, 15) is 4.79 Å². The molecule has 1 aromatic rings. The summed E-state index contributed by atoms with van der Waals surface area (Å²) in [6.07, 6.45) is 6.22. The summed E-state index contributed by atoms with van der Waals surface area (Å²) in [4.78, 5) is 12.1. The first-order chi connectivity index (χ1) is 8.81. The fraction of sp³-hybridized carbons (Fsp3) is 0.562. The van der Waals surface area contributed by atoms with Crippen molar-refractivity contribution >= 4 is 5.78 Å². The quantitative estimate of drug-likeness (QED) is 0.714. The minimum absolute atomic E-state index is 0.0709. The molecule has 0 radical (unpaired) electrons. The van der Waals surface area contributed by atoms with E-state index in [1.54, 1.807) is 0 Å². The van der Waals surface area contributed by atoms with Crippen LogP contribution in [-0.4, -0.2) is 12.4 Å². The fourth-order valence-electron chi connectivity index (χ4n) is 2.46. The number of hydrogen-bond donors (Lipinski definition) is 0. The Kier molecular flexibility index (Phi) is 4.80. The summed E-state index contributed by atoms with van der Waals surface area (Å²) in [5.41, 5.74) is 1.18. The molecule has 0 saturated carbocycles. The number of carbonyl (C=O) groups excluding carboxylic acids is 1. The third kappa shape index (κ3) is 3.34. The molecule has 2 nitrogen and oxygen atoms in total. The molecule has 2 heteroatoms. The van der Waals surface area contributed by atoms with Crippen molar-refractivity contribution in [2.75, 3.05) is 6.61 Å². The third-order valence-electron chi connectivity index (χ3n) is 3.61. The minimum Gasteiger partial charge on any atom is -0.493 e. The highest BCUT2D eigenvalue weighted by Gasteiger charge is 2.24. The van der Waals surface area contributed by atoms with Crippen LogP contribution in [0.3, 0.4) is 0 Å². The summed E-state index contributed by atoms with van der Waals surface area (Å²) in [5, 5.41) is 0. The van der Waals surface area contributed by atoms with Gasteiger partial charge >= 0.3 is 0 Å². The third-order valence-corrected chi connectivity index (χ3v) is 3.61. The van der Waals surface area contributed by atoms with Crippen LogP contribution in [0.5, 0.6) is 5.75 Å². The first kappa shape index (κ1) is 13.1. The van der Waals surface area contributed by atoms with Crippen LogP contribution in [0.4, 0.5) is 0 Å². The van der Waals surface area contributed by atoms with Gasteiger partial charge < -0.3 is 4.74 Å². The Morgan fingerprint density at radius 3 is 2.94 bits per heavy atom. The molecule has 0 aromatic heterocycles. The van der Waals surface area contributed by atoms with Gasteiger partial charge in [-0.05, 0) is 24.5 Å². The second kappa shape index (κ2) is 6.58. The average molecular weight is 246 g/mol. The average Bonchev–Trinajstić information content (AvgIpc) is 2.43. The summed E-state index contributed by atoms with van der Waals surface area (Å²) < 4.78 is 5.66. The van der Waals surface area contributed by atoms with Crippen LogP contribution in [0, 0.1) is 5.92 Å². The number of carbonyl (C=O) groups is 1. The highest BCUT2D eigenvalue weighted by atomic mass is 16.5. The van der Waals surface area contributed by atoms with Gasteiger partial charge in [0.15, 0.2) is 0 Å². The van der Waals surface area contributed by atoms with E-state index < -0.39 is 0 Å². The zero-order valence-corrected chi connectivity index (χ0v) is 11.2. The monoisotopic (exact) mass is 246 g/mol. The van der Waals surface area contributed by atoms with Crippen molar-refractivity contribution in [2.24, 2.45) is 5.92 Å². The molecule has 0 fully saturated rings. The van der Waals surface area contributed by atoms with Crippen LogP contribution >= 0.6 is 0 Å². The van der Waals surface area contributed by atoms with Gasteiger partial charge in [-0.3, -0.25) is 4.79 Å². The molecule has 98 valence electrons. The maximum Gasteiger partial charge on any atom is 0.139 e. The predicted molar refractivity (Wildman–Crippen MR) is 72.9 cm³/mol. The molecule has 0 saturated heterocycles. The zero-order valence-electron chi connectivity index (χ0n) is 11.2. The molecule has 18 heavy (non-hydrogen) atoms. The second-order valence-electron chi connectivity index (χ2n) is 5.10. The number of benzene rings is 1. The number of Topliss-reactive ketones (excluding diaryl/α,β-unsaturated/α-hetero) is 1. The normalized spacial score (nSPS) is 17.9. The number of ketones is 1. The van der Waals surface area contributed by atoms with E-state index in [-0.39, 0.29) is 5.92 Å². The van der Waals surface area contributed by atoms with Crippen molar-refractivity contribution in [3.05, 3.63) is 29.8 Å². The molecule has 2 rings (SSSR count). The summed E-state index contributed by atoms with van der Waals surface area (Å²) in [7, 11) is 0. The molecule has 1 aromatic carbocycles. The van der Waals surface area contributed by atoms with Crippen molar-refractivity contribution in [1.82, 2.24) is 0 Å². The molecule has 0 aliphatic carbocycles. The molecule has 0 N–H and O–H groups in total. The van der Waals surface area contributed by atoms with Gasteiger partial charge in [0.05, 0.1) is 12.5 Å². The van der Waals surface area contributed by atoms with Crippen molar-refractivity contribution in [2.45, 2.75) is 45.4 Å². The van der Waals surface area contributed by atoms with Gasteiger partial charge in [0.1, 0.15) is 11.5 Å². The Morgan fingerprint density at radius 1 is 1.28 bits per heavy atom. The van der Waals surface area contributed by atoms with E-state index in [1.165, 1.54) is 24.8 Å². The maximum absolute atomic E-state index is 12.1. The van der Waals surface area contributed by atoms with Crippen LogP contribution in [-0.2, 0) is 11.2 Å². The standard InChI is InChI=1S/C16H22O2/c1-2-3-4-5-9-15(17)14-11-13-8-6-7-10-16(13)18-12-14/h6-8,10,14H,2-5,9,11-12H2,1H3. The molecular weight excluding hydrogens is 224 g/mol. The molecule has 1 heterocycles. The van der Waals surface area contributed by atoms with E-state index in [1.807, 2.05) is 18.2 Å². The van der Waals surface area contributed by atoms with Crippen LogP contribution < -0.4 is 4.74 Å². The number of fused-ring (bicyclic) bond motifs is 1. The molecule has 0 bridgehead atoms. The van der Waals surface area contributed by atoms with E-state index in [0.717, 1.165) is 25.0 Å². The van der Waals surface area contributed by atoms with Crippen molar-refractivity contribution < 1.29 is 9.53 Å². The first-order valence-electron chi connectivity index (χ1n) is 7.04. The Labute approximate surface area is 109 Å². The Bertz CT molecular complexity index is 398. The Morgan fingerprint density at radius 2 is 2.11 bits per heavy atom. The maximum atomic E-state index is 12.1. The molecule has 0 spiro atoms. The van der Waals surface area contributed by atoms with E-state index in [2.05, 4.69) is 13.0 Å². The number of hydrogen-bond acceptors (Lipinski definition) is 2. The van der Waals surface area contributed by atoms with Gasteiger partial charge in [0, 0.05) is 6.42 Å². The number of para-hydroxylation sites is 1. The largest absolute Gasteiger partial charge is 0.493 e. The molecule has 1 aliphatic heterocycles. The predicted octanol–water partition coefficient (Wildman–Crippen LogP) is 3.78. The molecular formula is C16H22O2. The van der Waals surface area contributed by atoms with Crippen molar-refractivity contribution in [3.63, 3.8) is 0 Å². The van der Waals surface area contributed by atoms with Crippen LogP contribution in [0.15, 0.2) is 24.3 Å². The van der Waals surface area contributed by atoms with Crippen LogP contribution in [0.2, 0.25) is 0 Å². The highest BCUT2D eigenvalue weighted by Crippen LogP contribution is 2.27. The van der Waals surface area contributed by atoms with Crippen molar-refractivity contribution in [3.8, 4) is 5.75 Å². The lowest BCUT2D eigenvalue weighted by molar-refractivity contribution is -0.124. The van der Waals surface area contributed by atoms with Gasteiger partial charge in [-0.15, -0.1) is 0 Å². The number of rotatable bonds is 6. The minimum atomic E-state index is 0.0709. The molecule has 0 amide bonds. The summed E-state index contributed by atoms with van der Waals surface area (Å²) >= 11 is 0. The zero-order chi connectivity index (χ0) is 12.8. The highest BCUT2D eigenvalue weighted by molar-refractivity contribution is 5.81. The van der Waals surface area contributed by atoms with E-state index in [0.29, 0.717) is 12.4 Å². The van der Waals surface area contributed by atoms with Gasteiger partial charge in [-0.25, -0.2) is 0 Å². The number of ether oxygens (including phenoxy) is 1. The molecule has 1 unspecified atom stereocenters. The first-order valence-corrected chi connectivity index (χ1v) is 7.04. The van der Waals surface area contributed by atoms with Gasteiger partial charge in [0.2, 0.25) is 0 Å². The lowest BCUT2D eigenvalue weighted by atomic mass is 9.91. The number of unbranched alkanes of at least 4 members (excludes halogenated alkanes) is 3. The molecule has 1 aliphatic rings. The summed E-state index contributed by atoms with van der Waals surface area (Å²) in [5.74, 6) is 1.40. The summed E-state index contributed by atoms with van der Waals surface area (Å²) in [6.45, 7) is 2.75. The summed E-state index contributed by atoms with van der Waals surface area (Å²) in [6, 6.07) is 8.03. The lowest BCUT2D eigenvalue weighted by Gasteiger charge is -2.24. The van der Waals surface area contributed by atoms with Gasteiger partial charge in [-0.1, -0.05) is 44.4 Å². The van der Waals surface area contributed by atoms with Crippen molar-refractivity contribution in [1.29, 1.82) is 0 Å². The van der Waals surface area contributed by atoms with Crippen LogP contribution in [0.25, 0.3) is 0 Å². The Balaban J connectivity index is 1.83. The van der Waals surface area contributed by atoms with E-state index >= 15 is 0 Å². The Hall–Kier alpha value is -1.31. The second-order valence-corrected chi connectivity index (χ2v) is 5.10. The lowest BCUT2D eigenvalue weighted by Crippen LogP contribution is -2.28. The van der Waals surface area contributed by atoms with Crippen LogP contribution in [0.1, 0.15) is 44.6 Å². The molecule has 1 atom stereocenters. The fourth-order valence-corrected chi connectivity index (χ4v) is 2.46. The smallest absolute Gasteiger partial charge is 0.139 e.